The van der Waals surface area contributed by atoms with Crippen molar-refractivity contribution in [2.75, 3.05) is 12.5 Å². The van der Waals surface area contributed by atoms with Crippen LogP contribution in [0.5, 0.6) is 11.5 Å². The fourth-order valence-electron chi connectivity index (χ4n) is 3.46. The molecule has 0 radical (unpaired) electrons. The summed E-state index contributed by atoms with van der Waals surface area (Å²) in [7, 11) is 1.51. The molecule has 7 heteroatoms. The number of rotatable bonds is 6. The summed E-state index contributed by atoms with van der Waals surface area (Å²) in [5, 5.41) is 15.0. The van der Waals surface area contributed by atoms with Crippen molar-refractivity contribution in [3.8, 4) is 11.5 Å². The van der Waals surface area contributed by atoms with Crippen LogP contribution < -0.4 is 10.2 Å². The highest BCUT2D eigenvalue weighted by Crippen LogP contribution is 2.29. The molecule has 2 heterocycles. The van der Waals surface area contributed by atoms with Gasteiger partial charge >= 0.3 is 0 Å². The summed E-state index contributed by atoms with van der Waals surface area (Å²) in [6.07, 6.45) is 3.20. The van der Waals surface area contributed by atoms with Gasteiger partial charge in [-0.15, -0.1) is 0 Å². The van der Waals surface area contributed by atoms with Gasteiger partial charge in [0.15, 0.2) is 17.3 Å². The topological polar surface area (TPSA) is 84.6 Å². The zero-order chi connectivity index (χ0) is 21.1. The lowest BCUT2D eigenvalue weighted by Gasteiger charge is -2.08. The van der Waals surface area contributed by atoms with E-state index in [1.807, 2.05) is 18.2 Å². The quantitative estimate of drug-likeness (QED) is 0.373. The fourth-order valence-corrected chi connectivity index (χ4v) is 3.46. The third kappa shape index (κ3) is 3.69. The van der Waals surface area contributed by atoms with Gasteiger partial charge in [0.05, 0.1) is 18.7 Å². The average Bonchev–Trinajstić information content (AvgIpc) is 3.01. The lowest BCUT2D eigenvalue weighted by atomic mass is 10.2. The Kier molecular flexibility index (Phi) is 5.34. The number of fused-ring (bicyclic) bond motifs is 1. The van der Waals surface area contributed by atoms with Gasteiger partial charge in [-0.05, 0) is 48.7 Å². The molecule has 30 heavy (non-hydrogen) atoms. The van der Waals surface area contributed by atoms with E-state index < -0.39 is 0 Å². The molecule has 0 aliphatic heterocycles. The first-order chi connectivity index (χ1) is 14.6. The highest BCUT2D eigenvalue weighted by atomic mass is 16.5. The van der Waals surface area contributed by atoms with Crippen LogP contribution in [0.4, 0.5) is 5.82 Å². The monoisotopic (exact) mass is 401 g/mol. The predicted octanol–water partition coefficient (Wildman–Crippen LogP) is 4.26. The van der Waals surface area contributed by atoms with E-state index in [9.17, 15) is 5.11 Å². The number of hydrogen-bond acceptors (Lipinski definition) is 6. The number of anilines is 1. The summed E-state index contributed by atoms with van der Waals surface area (Å²) in [6.45, 7) is 4.90. The molecule has 2 N–H and O–H groups in total. The van der Waals surface area contributed by atoms with Crippen LogP contribution in [0.2, 0.25) is 0 Å². The molecule has 0 fully saturated rings. The number of methoxy groups -OCH3 is 1. The maximum Gasteiger partial charge on any atom is 0.161 e. The smallest absolute Gasteiger partial charge is 0.161 e. The zero-order valence-electron chi connectivity index (χ0n) is 17.1. The van der Waals surface area contributed by atoms with E-state index in [1.165, 1.54) is 12.7 Å². The van der Waals surface area contributed by atoms with Crippen molar-refractivity contribution in [1.29, 1.82) is 0 Å². The van der Waals surface area contributed by atoms with Crippen LogP contribution in [-0.4, -0.2) is 33.0 Å². The van der Waals surface area contributed by atoms with Gasteiger partial charge in [-0.3, -0.25) is 5.43 Å². The maximum absolute atomic E-state index is 9.72. The molecule has 0 aliphatic rings. The van der Waals surface area contributed by atoms with Gasteiger partial charge in [-0.25, -0.2) is 9.97 Å². The number of nitrogens with zero attached hydrogens (tertiary/aromatic N) is 4. The van der Waals surface area contributed by atoms with Crippen molar-refractivity contribution in [1.82, 2.24) is 14.5 Å². The van der Waals surface area contributed by atoms with Crippen molar-refractivity contribution in [3.05, 3.63) is 77.2 Å². The molecule has 152 valence electrons. The van der Waals surface area contributed by atoms with Gasteiger partial charge in [-0.2, -0.15) is 5.10 Å². The van der Waals surface area contributed by atoms with E-state index >= 15 is 0 Å². The number of aromatic nitrogens is 3. The van der Waals surface area contributed by atoms with Gasteiger partial charge in [0.2, 0.25) is 0 Å². The van der Waals surface area contributed by atoms with E-state index in [4.69, 9.17) is 4.74 Å². The summed E-state index contributed by atoms with van der Waals surface area (Å²) in [5.41, 5.74) is 8.16. The van der Waals surface area contributed by atoms with Crippen molar-refractivity contribution in [2.24, 2.45) is 5.10 Å². The predicted molar refractivity (Wildman–Crippen MR) is 118 cm³/mol. The molecule has 0 aliphatic carbocycles. The summed E-state index contributed by atoms with van der Waals surface area (Å²) >= 11 is 0. The van der Waals surface area contributed by atoms with Gasteiger partial charge in [-0.1, -0.05) is 30.3 Å². The van der Waals surface area contributed by atoms with Gasteiger partial charge in [0.1, 0.15) is 12.0 Å². The number of aryl methyl sites for hydroxylation is 1. The van der Waals surface area contributed by atoms with E-state index in [0.717, 1.165) is 34.4 Å². The summed E-state index contributed by atoms with van der Waals surface area (Å²) in [4.78, 5) is 8.93. The second-order valence-corrected chi connectivity index (χ2v) is 7.00. The SMILES string of the molecule is COc1cc(/C=N\Nc2ncnc3c2c(C)c(C)n3Cc2ccccc2)ccc1O. The lowest BCUT2D eigenvalue weighted by Crippen LogP contribution is -2.03. The van der Waals surface area contributed by atoms with Gasteiger partial charge in [0.25, 0.3) is 0 Å². The Hall–Kier alpha value is -3.87. The van der Waals surface area contributed by atoms with Crippen molar-refractivity contribution in [2.45, 2.75) is 20.4 Å². The first-order valence-corrected chi connectivity index (χ1v) is 9.59. The standard InChI is InChI=1S/C23H23N5O2/c1-15-16(2)28(13-17-7-5-4-6-8-17)23-21(15)22(24-14-25-23)27-26-12-18-9-10-19(29)20(11-18)30-3/h4-12,14,29H,13H2,1-3H3,(H,24,25,27)/b26-12-. The first kappa shape index (κ1) is 19.4. The average molecular weight is 401 g/mol. The molecule has 0 saturated heterocycles. The lowest BCUT2D eigenvalue weighted by molar-refractivity contribution is 0.373. The summed E-state index contributed by atoms with van der Waals surface area (Å²) in [6, 6.07) is 15.3. The van der Waals surface area contributed by atoms with Crippen molar-refractivity contribution >= 4 is 23.1 Å². The van der Waals surface area contributed by atoms with E-state index in [2.05, 4.69) is 51.0 Å². The number of aromatic hydroxyl groups is 1. The molecule has 4 rings (SSSR count). The molecule has 0 amide bonds. The molecule has 0 atom stereocenters. The van der Waals surface area contributed by atoms with Crippen LogP contribution in [0.25, 0.3) is 11.0 Å². The number of nitrogens with one attached hydrogen (secondary N) is 1. The van der Waals surface area contributed by atoms with Crippen LogP contribution in [0.3, 0.4) is 0 Å². The Bertz CT molecular complexity index is 1220. The molecular formula is C23H23N5O2. The minimum atomic E-state index is 0.0889. The zero-order valence-corrected chi connectivity index (χ0v) is 17.1. The number of phenols is 1. The third-order valence-electron chi connectivity index (χ3n) is 5.18. The van der Waals surface area contributed by atoms with Crippen LogP contribution in [0, 0.1) is 13.8 Å². The highest BCUT2D eigenvalue weighted by molar-refractivity contribution is 5.92. The van der Waals surface area contributed by atoms with E-state index in [-0.39, 0.29) is 5.75 Å². The van der Waals surface area contributed by atoms with Crippen LogP contribution in [0.15, 0.2) is 60.0 Å². The largest absolute Gasteiger partial charge is 0.504 e. The molecule has 7 nitrogen and oxygen atoms in total. The second kappa shape index (κ2) is 8.24. The molecule has 2 aromatic heterocycles. The van der Waals surface area contributed by atoms with E-state index in [0.29, 0.717) is 11.6 Å². The van der Waals surface area contributed by atoms with Crippen LogP contribution >= 0.6 is 0 Å². The molecule has 0 bridgehead atoms. The number of hydrazone groups is 1. The second-order valence-electron chi connectivity index (χ2n) is 7.00. The fraction of sp³-hybridized carbons (Fsp3) is 0.174. The van der Waals surface area contributed by atoms with Gasteiger partial charge in [0, 0.05) is 12.2 Å². The van der Waals surface area contributed by atoms with Crippen molar-refractivity contribution in [3.63, 3.8) is 0 Å². The van der Waals surface area contributed by atoms with Crippen LogP contribution in [-0.2, 0) is 6.54 Å². The molecule has 0 unspecified atom stereocenters. The number of hydrogen-bond donors (Lipinski definition) is 2. The highest BCUT2D eigenvalue weighted by Gasteiger charge is 2.16. The minimum Gasteiger partial charge on any atom is -0.504 e. The van der Waals surface area contributed by atoms with Gasteiger partial charge < -0.3 is 14.4 Å². The Labute approximate surface area is 174 Å². The Morgan fingerprint density at radius 1 is 1.13 bits per heavy atom. The maximum atomic E-state index is 9.72. The minimum absolute atomic E-state index is 0.0889. The normalized spacial score (nSPS) is 11.3. The summed E-state index contributed by atoms with van der Waals surface area (Å²) in [5.74, 6) is 1.13. The first-order valence-electron chi connectivity index (χ1n) is 9.59. The summed E-state index contributed by atoms with van der Waals surface area (Å²) < 4.78 is 7.33. The number of phenolic OH excluding ortho intramolecular Hbond substituents is 1. The number of ether oxygens (including phenoxy) is 1. The Balaban J connectivity index is 1.65. The molecule has 0 spiro atoms. The Morgan fingerprint density at radius 3 is 2.70 bits per heavy atom. The molecule has 2 aromatic carbocycles. The number of benzene rings is 2. The van der Waals surface area contributed by atoms with E-state index in [1.54, 1.807) is 30.7 Å². The molecule has 4 aromatic rings. The molecular weight excluding hydrogens is 378 g/mol. The van der Waals surface area contributed by atoms with Crippen molar-refractivity contribution < 1.29 is 9.84 Å². The third-order valence-corrected chi connectivity index (χ3v) is 5.18. The van der Waals surface area contributed by atoms with Crippen LogP contribution in [0.1, 0.15) is 22.4 Å². The molecule has 0 saturated carbocycles. The Morgan fingerprint density at radius 2 is 1.93 bits per heavy atom.